The summed E-state index contributed by atoms with van der Waals surface area (Å²) < 4.78 is 33.1. The first-order valence-corrected chi connectivity index (χ1v) is 20.8. The van der Waals surface area contributed by atoms with Crippen molar-refractivity contribution in [3.8, 4) is 11.3 Å². The molecule has 0 radical (unpaired) electrons. The Hall–Kier alpha value is -3.67. The third-order valence-corrected chi connectivity index (χ3v) is 12.5. The van der Waals surface area contributed by atoms with Crippen molar-refractivity contribution in [3.05, 3.63) is 30.5 Å². The molecule has 1 aromatic carbocycles. The Kier molecular flexibility index (Phi) is 15.0. The van der Waals surface area contributed by atoms with Gasteiger partial charge in [0.15, 0.2) is 17.7 Å². The molecule has 324 valence electrons. The van der Waals surface area contributed by atoms with Crippen LogP contribution in [-0.2, 0) is 39.8 Å². The average molecular weight is 814 g/mol. The summed E-state index contributed by atoms with van der Waals surface area (Å²) in [6.45, 7) is 14.8. The van der Waals surface area contributed by atoms with E-state index in [4.69, 9.17) is 29.4 Å². The maximum Gasteiger partial charge on any atom is 0.410 e. The molecule has 4 heterocycles. The number of benzene rings is 1. The second-order valence-corrected chi connectivity index (χ2v) is 17.3. The Bertz CT molecular complexity index is 1710. The maximum atomic E-state index is 14.3. The number of aromatic nitrogens is 3. The third-order valence-electron chi connectivity index (χ3n) is 12.5. The molecule has 5 rings (SSSR count). The Morgan fingerprint density at radius 3 is 2.48 bits per heavy atom. The minimum Gasteiger partial charge on any atom is -0.458 e. The summed E-state index contributed by atoms with van der Waals surface area (Å²) >= 11 is 0. The van der Waals surface area contributed by atoms with Crippen LogP contribution in [0.25, 0.3) is 11.3 Å². The van der Waals surface area contributed by atoms with Gasteiger partial charge in [-0.05, 0) is 98.5 Å². The predicted octanol–water partition coefficient (Wildman–Crippen LogP) is 3.90. The van der Waals surface area contributed by atoms with E-state index in [0.717, 1.165) is 17.7 Å². The van der Waals surface area contributed by atoms with Gasteiger partial charge in [-0.2, -0.15) is 0 Å². The van der Waals surface area contributed by atoms with Gasteiger partial charge in [-0.25, -0.2) is 4.79 Å². The molecule has 16 heteroatoms. The van der Waals surface area contributed by atoms with Gasteiger partial charge in [0.2, 0.25) is 0 Å². The quantitative estimate of drug-likeness (QED) is 0.128. The number of nitrogen functional groups attached to an aromatic ring is 1. The molecule has 4 N–H and O–H groups in total. The zero-order chi connectivity index (χ0) is 42.5. The van der Waals surface area contributed by atoms with Crippen LogP contribution in [0.15, 0.2) is 30.5 Å². The van der Waals surface area contributed by atoms with Crippen molar-refractivity contribution >= 4 is 23.5 Å². The molecule has 16 nitrogen and oxygen atoms in total. The minimum absolute atomic E-state index is 0.00373. The molecule has 1 aromatic heterocycles. The number of nitrogens with one attached hydrogen (secondary N) is 1. The van der Waals surface area contributed by atoms with Gasteiger partial charge in [0.1, 0.15) is 23.8 Å². The number of cyclic esters (lactones) is 1. The van der Waals surface area contributed by atoms with Crippen LogP contribution in [0.4, 0.5) is 10.5 Å². The number of amides is 1. The Morgan fingerprint density at radius 2 is 1.81 bits per heavy atom. The molecule has 58 heavy (non-hydrogen) atoms. The van der Waals surface area contributed by atoms with Gasteiger partial charge in [-0.1, -0.05) is 38.1 Å². The summed E-state index contributed by atoms with van der Waals surface area (Å²) in [5.74, 6) is -3.13. The normalized spacial score (nSPS) is 35.6. The summed E-state index contributed by atoms with van der Waals surface area (Å²) in [5.41, 5.74) is 5.98. The second-order valence-electron chi connectivity index (χ2n) is 17.3. The number of nitrogens with zero attached hydrogens (tertiary/aromatic N) is 5. The number of carbonyl (C=O) groups is 3. The number of anilines is 1. The minimum atomic E-state index is -1.20. The highest BCUT2D eigenvalue weighted by molar-refractivity contribution is 6.00. The summed E-state index contributed by atoms with van der Waals surface area (Å²) in [7, 11) is 5.39. The molecule has 0 bridgehead atoms. The van der Waals surface area contributed by atoms with E-state index >= 15 is 0 Å². The van der Waals surface area contributed by atoms with Gasteiger partial charge in [0.05, 0.1) is 30.0 Å². The third kappa shape index (κ3) is 10.0. The number of likely N-dealkylation sites (N-methyl/N-ethyl adjacent to an activating group) is 1. The molecule has 0 aliphatic carbocycles. The maximum absolute atomic E-state index is 14.3. The Labute approximate surface area is 343 Å². The fourth-order valence-electron chi connectivity index (χ4n) is 9.03. The second kappa shape index (κ2) is 19.1. The number of nitrogens with two attached hydrogens (primary N) is 1. The molecular weight excluding hydrogens is 747 g/mol. The van der Waals surface area contributed by atoms with Crippen molar-refractivity contribution in [1.29, 1.82) is 0 Å². The van der Waals surface area contributed by atoms with Crippen molar-refractivity contribution in [3.63, 3.8) is 0 Å². The number of ether oxygens (including phenoxy) is 5. The lowest BCUT2D eigenvalue weighted by atomic mass is 9.78. The number of Topliss-reactive ketones (excluding diaryl/α,β-unsaturated/α-hetero) is 1. The molecule has 3 fully saturated rings. The van der Waals surface area contributed by atoms with E-state index in [2.05, 4.69) is 22.6 Å². The average Bonchev–Trinajstić information content (AvgIpc) is 3.75. The van der Waals surface area contributed by atoms with Crippen molar-refractivity contribution in [2.24, 2.45) is 17.8 Å². The number of carbonyl (C=O) groups excluding carboxylic acids is 3. The number of aliphatic hydroxyl groups is 1. The molecule has 3 aliphatic rings. The topological polar surface area (TPSA) is 193 Å². The highest BCUT2D eigenvalue weighted by Crippen LogP contribution is 2.39. The molecular formula is C42H67N7O9. The van der Waals surface area contributed by atoms with Crippen molar-refractivity contribution < 1.29 is 43.2 Å². The van der Waals surface area contributed by atoms with E-state index in [1.807, 2.05) is 77.2 Å². The Morgan fingerprint density at radius 1 is 1.09 bits per heavy atom. The van der Waals surface area contributed by atoms with Crippen LogP contribution in [0.2, 0.25) is 0 Å². The fourth-order valence-corrected chi connectivity index (χ4v) is 9.03. The largest absolute Gasteiger partial charge is 0.458 e. The van der Waals surface area contributed by atoms with Gasteiger partial charge >= 0.3 is 12.1 Å². The lowest BCUT2D eigenvalue weighted by Crippen LogP contribution is -2.59. The SMILES string of the molecule is CC[C@H]1OC(=O)[C@H](C)C(=O)[C@H](C)[C@@H](O[C@@H]2O[C@H](C)CC(N(C)C)C2O)[C@](C)(OC)C[C@@H](C)CNC[C@H]2N(CCCCn3cc(-c4cccc(N)c4)nn3)C(=O)O[C@]12C. The first-order valence-electron chi connectivity index (χ1n) is 20.8. The van der Waals surface area contributed by atoms with E-state index in [1.54, 1.807) is 23.6 Å². The number of esters is 1. The number of hydrogen-bond acceptors (Lipinski definition) is 14. The predicted molar refractivity (Wildman–Crippen MR) is 217 cm³/mol. The molecule has 2 unspecified atom stereocenters. The molecule has 0 spiro atoms. The smallest absolute Gasteiger partial charge is 0.410 e. The Balaban J connectivity index is 1.35. The van der Waals surface area contributed by atoms with Crippen LogP contribution in [0.3, 0.4) is 0 Å². The summed E-state index contributed by atoms with van der Waals surface area (Å²) in [6.07, 6.45) is 0.259. The van der Waals surface area contributed by atoms with Crippen LogP contribution in [0.5, 0.6) is 0 Å². The molecule has 0 saturated carbocycles. The molecule has 3 aliphatic heterocycles. The van der Waals surface area contributed by atoms with Gasteiger partial charge in [0, 0.05) is 50.0 Å². The van der Waals surface area contributed by atoms with Crippen molar-refractivity contribution in [2.75, 3.05) is 46.6 Å². The molecule has 1 amide bonds. The van der Waals surface area contributed by atoms with Crippen molar-refractivity contribution in [2.45, 2.75) is 141 Å². The molecule has 12 atom stereocenters. The highest BCUT2D eigenvalue weighted by atomic mass is 16.7. The van der Waals surface area contributed by atoms with E-state index in [0.29, 0.717) is 57.5 Å². The van der Waals surface area contributed by atoms with E-state index in [9.17, 15) is 19.5 Å². The van der Waals surface area contributed by atoms with Gasteiger partial charge in [-0.15, -0.1) is 5.10 Å². The first kappa shape index (κ1) is 45.4. The van der Waals surface area contributed by atoms with Gasteiger partial charge < -0.3 is 44.7 Å². The zero-order valence-corrected chi connectivity index (χ0v) is 36.1. The zero-order valence-electron chi connectivity index (χ0n) is 36.1. The number of unbranched alkanes of at least 4 members (excludes halogenated alkanes) is 1. The molecule has 2 aromatic rings. The highest BCUT2D eigenvalue weighted by Gasteiger charge is 2.57. The number of methoxy groups -OCH3 is 1. The van der Waals surface area contributed by atoms with Gasteiger partial charge in [0.25, 0.3) is 0 Å². The number of rotatable bonds is 11. The van der Waals surface area contributed by atoms with Crippen LogP contribution in [-0.4, -0.2) is 143 Å². The van der Waals surface area contributed by atoms with Crippen LogP contribution >= 0.6 is 0 Å². The van der Waals surface area contributed by atoms with Crippen molar-refractivity contribution in [1.82, 2.24) is 30.1 Å². The van der Waals surface area contributed by atoms with E-state index in [-0.39, 0.29) is 18.1 Å². The fraction of sp³-hybridized carbons (Fsp3) is 0.738. The standard InChI is InChI=1S/C42H67N7O9/c1-11-34-42(7)33(49(40(53)58-42)18-13-12-17-48-24-31(45-46-48)29-15-14-16-30(43)20-29)23-44-22-25(2)21-41(6,54-10)37(27(4)35(50)28(5)38(52)56-34)57-39-36(51)32(47(8)9)19-26(3)55-39/h14-16,20,24-28,32-34,36-37,39,44,51H,11-13,17-19,21-23,43H2,1-10H3/t25-,26-,27+,28-,32?,33-,34-,36?,37-,39+,41-,42+/m1/s1. The van der Waals surface area contributed by atoms with Crippen LogP contribution in [0.1, 0.15) is 80.6 Å². The van der Waals surface area contributed by atoms with E-state index < -0.39 is 71.5 Å². The van der Waals surface area contributed by atoms with Gasteiger partial charge in [-0.3, -0.25) is 19.2 Å². The molecule has 3 saturated heterocycles. The number of ketones is 1. The number of fused-ring (bicyclic) bond motifs is 1. The summed E-state index contributed by atoms with van der Waals surface area (Å²) in [5, 5.41) is 23.6. The number of hydrogen-bond donors (Lipinski definition) is 3. The number of aryl methyl sites for hydroxylation is 1. The monoisotopic (exact) mass is 814 g/mol. The van der Waals surface area contributed by atoms with Crippen LogP contribution in [0, 0.1) is 17.8 Å². The summed E-state index contributed by atoms with van der Waals surface area (Å²) in [6, 6.07) is 6.78. The lowest BCUT2D eigenvalue weighted by molar-refractivity contribution is -0.295. The summed E-state index contributed by atoms with van der Waals surface area (Å²) in [4.78, 5) is 45.6. The number of aliphatic hydroxyl groups excluding tert-OH is 1. The van der Waals surface area contributed by atoms with E-state index in [1.165, 1.54) is 6.92 Å². The lowest BCUT2D eigenvalue weighted by Gasteiger charge is -2.46. The van der Waals surface area contributed by atoms with Crippen LogP contribution < -0.4 is 11.1 Å². The first-order chi connectivity index (χ1) is 27.4.